The SMILES string of the molecule is CC.CN1CCC(C(=O)O)CC1. The number of rotatable bonds is 1. The molecule has 72 valence electrons. The monoisotopic (exact) mass is 173 g/mol. The summed E-state index contributed by atoms with van der Waals surface area (Å²) in [5.41, 5.74) is 0. The normalized spacial score (nSPS) is 19.6. The third-order valence-corrected chi connectivity index (χ3v) is 2.07. The molecule has 0 aromatic rings. The Balaban J connectivity index is 0.000000561. The molecule has 1 saturated heterocycles. The van der Waals surface area contributed by atoms with E-state index < -0.39 is 5.97 Å². The molecule has 0 aliphatic carbocycles. The number of aliphatic carboxylic acids is 1. The molecule has 0 amide bonds. The zero-order valence-corrected chi connectivity index (χ0v) is 8.21. The Morgan fingerprint density at radius 3 is 2.08 bits per heavy atom. The minimum absolute atomic E-state index is 0.0869. The maximum atomic E-state index is 10.4. The number of nitrogens with zero attached hydrogens (tertiary/aromatic N) is 1. The van der Waals surface area contributed by atoms with Crippen LogP contribution in [0.4, 0.5) is 0 Å². The Morgan fingerprint density at radius 2 is 1.75 bits per heavy atom. The van der Waals surface area contributed by atoms with Gasteiger partial charge in [-0.25, -0.2) is 0 Å². The van der Waals surface area contributed by atoms with Crippen LogP contribution >= 0.6 is 0 Å². The van der Waals surface area contributed by atoms with Crippen molar-refractivity contribution in [1.82, 2.24) is 4.90 Å². The summed E-state index contributed by atoms with van der Waals surface area (Å²) in [7, 11) is 2.03. The van der Waals surface area contributed by atoms with E-state index in [1.54, 1.807) is 0 Å². The first-order valence-electron chi connectivity index (χ1n) is 4.61. The number of hydrogen-bond donors (Lipinski definition) is 1. The summed E-state index contributed by atoms with van der Waals surface area (Å²) >= 11 is 0. The summed E-state index contributed by atoms with van der Waals surface area (Å²) in [4.78, 5) is 12.6. The highest BCUT2D eigenvalue weighted by molar-refractivity contribution is 5.70. The summed E-state index contributed by atoms with van der Waals surface area (Å²) in [6.45, 7) is 5.86. The summed E-state index contributed by atoms with van der Waals surface area (Å²) in [5.74, 6) is -0.718. The molecular formula is C9H19NO2. The Labute approximate surface area is 74.4 Å². The van der Waals surface area contributed by atoms with E-state index in [0.717, 1.165) is 25.9 Å². The molecule has 12 heavy (non-hydrogen) atoms. The summed E-state index contributed by atoms with van der Waals surface area (Å²) in [5, 5.41) is 8.61. The molecule has 1 aliphatic rings. The highest BCUT2D eigenvalue weighted by atomic mass is 16.4. The minimum atomic E-state index is -0.631. The number of piperidine rings is 1. The van der Waals surface area contributed by atoms with Crippen molar-refractivity contribution in [2.24, 2.45) is 5.92 Å². The quantitative estimate of drug-likeness (QED) is 0.652. The Bertz CT molecular complexity index is 128. The lowest BCUT2D eigenvalue weighted by Gasteiger charge is -2.25. The van der Waals surface area contributed by atoms with Gasteiger partial charge in [-0.1, -0.05) is 13.8 Å². The first kappa shape index (κ1) is 11.4. The van der Waals surface area contributed by atoms with Crippen molar-refractivity contribution in [1.29, 1.82) is 0 Å². The molecule has 0 saturated carbocycles. The maximum Gasteiger partial charge on any atom is 0.306 e. The van der Waals surface area contributed by atoms with E-state index in [9.17, 15) is 4.79 Å². The van der Waals surface area contributed by atoms with Crippen molar-refractivity contribution in [2.45, 2.75) is 26.7 Å². The lowest BCUT2D eigenvalue weighted by Crippen LogP contribution is -2.33. The highest BCUT2D eigenvalue weighted by Crippen LogP contribution is 2.15. The van der Waals surface area contributed by atoms with Gasteiger partial charge in [-0.2, -0.15) is 0 Å². The fraction of sp³-hybridized carbons (Fsp3) is 0.889. The molecule has 1 aliphatic heterocycles. The smallest absolute Gasteiger partial charge is 0.306 e. The molecule has 0 bridgehead atoms. The van der Waals surface area contributed by atoms with Crippen LogP contribution in [0.2, 0.25) is 0 Å². The largest absolute Gasteiger partial charge is 0.481 e. The summed E-state index contributed by atoms with van der Waals surface area (Å²) in [6, 6.07) is 0. The van der Waals surface area contributed by atoms with Gasteiger partial charge in [0.25, 0.3) is 0 Å². The standard InChI is InChI=1S/C7H13NO2.C2H6/c1-8-4-2-6(3-5-8)7(9)10;1-2/h6H,2-5H2,1H3,(H,9,10);1-2H3. The van der Waals surface area contributed by atoms with Crippen LogP contribution in [0.3, 0.4) is 0 Å². The molecule has 1 rings (SSSR count). The molecule has 1 N–H and O–H groups in total. The zero-order valence-electron chi connectivity index (χ0n) is 8.21. The topological polar surface area (TPSA) is 40.5 Å². The first-order chi connectivity index (χ1) is 5.70. The van der Waals surface area contributed by atoms with Crippen LogP contribution < -0.4 is 0 Å². The molecule has 1 heterocycles. The number of hydrogen-bond acceptors (Lipinski definition) is 2. The molecule has 0 radical (unpaired) electrons. The van der Waals surface area contributed by atoms with E-state index >= 15 is 0 Å². The van der Waals surface area contributed by atoms with Crippen LogP contribution in [-0.2, 0) is 4.79 Å². The Kier molecular flexibility index (Phi) is 5.72. The van der Waals surface area contributed by atoms with E-state index in [4.69, 9.17) is 5.11 Å². The highest BCUT2D eigenvalue weighted by Gasteiger charge is 2.21. The molecule has 3 nitrogen and oxygen atoms in total. The van der Waals surface area contributed by atoms with Gasteiger partial charge in [0.1, 0.15) is 0 Å². The van der Waals surface area contributed by atoms with Crippen molar-refractivity contribution >= 4 is 5.97 Å². The van der Waals surface area contributed by atoms with Crippen LogP contribution in [0.15, 0.2) is 0 Å². The van der Waals surface area contributed by atoms with Crippen LogP contribution in [-0.4, -0.2) is 36.1 Å². The summed E-state index contributed by atoms with van der Waals surface area (Å²) < 4.78 is 0. The molecule has 0 aromatic carbocycles. The van der Waals surface area contributed by atoms with Gasteiger partial charge in [0.2, 0.25) is 0 Å². The first-order valence-corrected chi connectivity index (χ1v) is 4.61. The lowest BCUT2D eigenvalue weighted by atomic mass is 9.98. The predicted octanol–water partition coefficient (Wildman–Crippen LogP) is 1.44. The van der Waals surface area contributed by atoms with Gasteiger partial charge in [0.05, 0.1) is 5.92 Å². The van der Waals surface area contributed by atoms with Gasteiger partial charge in [-0.15, -0.1) is 0 Å². The van der Waals surface area contributed by atoms with Crippen LogP contribution in [0.5, 0.6) is 0 Å². The van der Waals surface area contributed by atoms with Gasteiger partial charge < -0.3 is 10.0 Å². The van der Waals surface area contributed by atoms with Crippen LogP contribution in [0, 0.1) is 5.92 Å². The molecule has 0 spiro atoms. The van der Waals surface area contributed by atoms with E-state index in [1.165, 1.54) is 0 Å². The Hall–Kier alpha value is -0.570. The van der Waals surface area contributed by atoms with Gasteiger partial charge in [-0.05, 0) is 33.0 Å². The zero-order chi connectivity index (χ0) is 9.56. The van der Waals surface area contributed by atoms with Crippen LogP contribution in [0.1, 0.15) is 26.7 Å². The number of carboxylic acid groups (broad SMARTS) is 1. The fourth-order valence-corrected chi connectivity index (χ4v) is 1.26. The predicted molar refractivity (Wildman–Crippen MR) is 49.2 cm³/mol. The van der Waals surface area contributed by atoms with Crippen LogP contribution in [0.25, 0.3) is 0 Å². The van der Waals surface area contributed by atoms with E-state index in [0.29, 0.717) is 0 Å². The summed E-state index contributed by atoms with van der Waals surface area (Å²) in [6.07, 6.45) is 1.62. The van der Waals surface area contributed by atoms with Gasteiger partial charge in [0, 0.05) is 0 Å². The molecule has 3 heteroatoms. The van der Waals surface area contributed by atoms with Crippen molar-refractivity contribution < 1.29 is 9.90 Å². The maximum absolute atomic E-state index is 10.4. The second-order valence-electron chi connectivity index (χ2n) is 2.92. The van der Waals surface area contributed by atoms with E-state index in [-0.39, 0.29) is 5.92 Å². The third-order valence-electron chi connectivity index (χ3n) is 2.07. The van der Waals surface area contributed by atoms with Gasteiger partial charge in [-0.3, -0.25) is 4.79 Å². The fourth-order valence-electron chi connectivity index (χ4n) is 1.26. The molecule has 0 aromatic heterocycles. The average Bonchev–Trinajstić information content (AvgIpc) is 2.09. The van der Waals surface area contributed by atoms with Crippen molar-refractivity contribution in [3.8, 4) is 0 Å². The second kappa shape index (κ2) is 6.00. The third kappa shape index (κ3) is 3.72. The van der Waals surface area contributed by atoms with E-state index in [2.05, 4.69) is 4.90 Å². The molecule has 0 atom stereocenters. The number of carbonyl (C=O) groups is 1. The van der Waals surface area contributed by atoms with E-state index in [1.807, 2.05) is 20.9 Å². The number of likely N-dealkylation sites (tertiary alicyclic amines) is 1. The average molecular weight is 173 g/mol. The van der Waals surface area contributed by atoms with Crippen molar-refractivity contribution in [3.05, 3.63) is 0 Å². The van der Waals surface area contributed by atoms with Gasteiger partial charge >= 0.3 is 5.97 Å². The van der Waals surface area contributed by atoms with Crippen molar-refractivity contribution in [3.63, 3.8) is 0 Å². The van der Waals surface area contributed by atoms with Gasteiger partial charge in [0.15, 0.2) is 0 Å². The lowest BCUT2D eigenvalue weighted by molar-refractivity contribution is -0.143. The Morgan fingerprint density at radius 1 is 1.33 bits per heavy atom. The van der Waals surface area contributed by atoms with Crippen molar-refractivity contribution in [2.75, 3.05) is 20.1 Å². The molecular weight excluding hydrogens is 154 g/mol. The minimum Gasteiger partial charge on any atom is -0.481 e. The second-order valence-corrected chi connectivity index (χ2v) is 2.92. The molecule has 0 unspecified atom stereocenters. The number of carboxylic acids is 1. The molecule has 1 fully saturated rings.